The molecule has 1 aromatic rings. The monoisotopic (exact) mass is 220 g/mol. The van der Waals surface area contributed by atoms with Crippen LogP contribution in [0.15, 0.2) is 18.2 Å². The van der Waals surface area contributed by atoms with Crippen LogP contribution in [-0.2, 0) is 6.18 Å². The number of aliphatic hydroxyl groups excluding tert-OH is 1. The Bertz CT molecular complexity index is 338. The molecule has 0 aliphatic heterocycles. The number of hydrogen-bond donors (Lipinski definition) is 2. The largest absolute Gasteiger partial charge is 0.433 e. The van der Waals surface area contributed by atoms with Gasteiger partial charge in [-0.3, -0.25) is 0 Å². The van der Waals surface area contributed by atoms with Crippen molar-refractivity contribution in [2.45, 2.75) is 25.2 Å². The first kappa shape index (κ1) is 11.9. The minimum absolute atomic E-state index is 0.0276. The van der Waals surface area contributed by atoms with E-state index in [2.05, 4.69) is 4.98 Å². The number of rotatable bonds is 2. The summed E-state index contributed by atoms with van der Waals surface area (Å²) in [4.78, 5) is 3.36. The number of halogens is 3. The van der Waals surface area contributed by atoms with Gasteiger partial charge in [0.05, 0.1) is 17.8 Å². The van der Waals surface area contributed by atoms with E-state index in [4.69, 9.17) is 10.8 Å². The zero-order valence-electron chi connectivity index (χ0n) is 7.99. The molecule has 0 aliphatic rings. The number of pyridine rings is 1. The van der Waals surface area contributed by atoms with Crippen molar-refractivity contribution in [2.24, 2.45) is 5.73 Å². The van der Waals surface area contributed by atoms with E-state index in [9.17, 15) is 13.2 Å². The minimum atomic E-state index is -4.49. The molecular formula is C9H11F3N2O. The number of aliphatic hydroxyl groups is 1. The Labute approximate surface area is 84.7 Å². The van der Waals surface area contributed by atoms with E-state index in [1.807, 2.05) is 0 Å². The number of alkyl halides is 3. The van der Waals surface area contributed by atoms with Gasteiger partial charge in [-0.2, -0.15) is 13.2 Å². The van der Waals surface area contributed by atoms with Gasteiger partial charge in [0.25, 0.3) is 0 Å². The van der Waals surface area contributed by atoms with Crippen LogP contribution in [0, 0.1) is 0 Å². The number of nitrogens with two attached hydrogens (primary N) is 1. The first-order valence-electron chi connectivity index (χ1n) is 4.30. The molecule has 0 fully saturated rings. The highest BCUT2D eigenvalue weighted by atomic mass is 19.4. The summed E-state index contributed by atoms with van der Waals surface area (Å²) in [5.74, 6) is 0. The summed E-state index contributed by atoms with van der Waals surface area (Å²) in [6, 6.07) is 2.52. The van der Waals surface area contributed by atoms with E-state index in [1.165, 1.54) is 19.1 Å². The van der Waals surface area contributed by atoms with Gasteiger partial charge < -0.3 is 10.8 Å². The van der Waals surface area contributed by atoms with Gasteiger partial charge in [0, 0.05) is 0 Å². The predicted molar refractivity (Wildman–Crippen MR) is 47.8 cm³/mol. The Balaban J connectivity index is 3.03. The van der Waals surface area contributed by atoms with Gasteiger partial charge in [-0.15, -0.1) is 0 Å². The van der Waals surface area contributed by atoms with Crippen molar-refractivity contribution >= 4 is 0 Å². The second-order valence-corrected chi connectivity index (χ2v) is 3.21. The molecule has 0 saturated carbocycles. The van der Waals surface area contributed by atoms with Crippen LogP contribution in [0.1, 0.15) is 24.4 Å². The molecule has 0 saturated heterocycles. The molecule has 1 aromatic heterocycles. The zero-order valence-corrected chi connectivity index (χ0v) is 7.99. The molecule has 0 bridgehead atoms. The van der Waals surface area contributed by atoms with E-state index in [0.717, 1.165) is 6.07 Å². The van der Waals surface area contributed by atoms with Gasteiger partial charge in [-0.1, -0.05) is 6.07 Å². The molecule has 0 aliphatic carbocycles. The number of aromatic nitrogens is 1. The van der Waals surface area contributed by atoms with Gasteiger partial charge in [-0.05, 0) is 19.1 Å². The maximum Gasteiger partial charge on any atom is 0.433 e. The van der Waals surface area contributed by atoms with Crippen LogP contribution in [0.5, 0.6) is 0 Å². The normalized spacial score (nSPS) is 16.1. The van der Waals surface area contributed by atoms with Gasteiger partial charge in [0.15, 0.2) is 0 Å². The van der Waals surface area contributed by atoms with E-state index < -0.39 is 24.0 Å². The predicted octanol–water partition coefficient (Wildman–Crippen LogP) is 1.48. The molecule has 1 rings (SSSR count). The molecule has 0 spiro atoms. The van der Waals surface area contributed by atoms with Gasteiger partial charge in [0.2, 0.25) is 0 Å². The molecule has 84 valence electrons. The Morgan fingerprint density at radius 2 is 2.00 bits per heavy atom. The molecule has 1 heterocycles. The van der Waals surface area contributed by atoms with Gasteiger partial charge in [0.1, 0.15) is 5.69 Å². The second kappa shape index (κ2) is 4.16. The van der Waals surface area contributed by atoms with E-state index in [1.54, 1.807) is 0 Å². The van der Waals surface area contributed by atoms with Crippen molar-refractivity contribution < 1.29 is 18.3 Å². The first-order valence-corrected chi connectivity index (χ1v) is 4.30. The van der Waals surface area contributed by atoms with Crippen molar-refractivity contribution in [3.63, 3.8) is 0 Å². The van der Waals surface area contributed by atoms with Crippen LogP contribution >= 0.6 is 0 Å². The lowest BCUT2D eigenvalue weighted by molar-refractivity contribution is -0.141. The van der Waals surface area contributed by atoms with E-state index in [-0.39, 0.29) is 5.69 Å². The third-order valence-corrected chi connectivity index (χ3v) is 1.92. The molecule has 0 radical (unpaired) electrons. The fourth-order valence-electron chi connectivity index (χ4n) is 1.04. The average Bonchev–Trinajstić information content (AvgIpc) is 2.15. The maximum absolute atomic E-state index is 12.3. The maximum atomic E-state index is 12.3. The van der Waals surface area contributed by atoms with Crippen LogP contribution in [0.3, 0.4) is 0 Å². The third kappa shape index (κ3) is 2.90. The fraction of sp³-hybridized carbons (Fsp3) is 0.444. The summed E-state index contributed by atoms with van der Waals surface area (Å²) < 4.78 is 36.8. The van der Waals surface area contributed by atoms with Gasteiger partial charge in [-0.25, -0.2) is 4.98 Å². The zero-order chi connectivity index (χ0) is 11.6. The topological polar surface area (TPSA) is 59.1 Å². The van der Waals surface area contributed by atoms with Crippen molar-refractivity contribution in [3.05, 3.63) is 29.6 Å². The van der Waals surface area contributed by atoms with Crippen molar-refractivity contribution in [1.29, 1.82) is 0 Å². The van der Waals surface area contributed by atoms with Crippen LogP contribution in [0.4, 0.5) is 13.2 Å². The highest BCUT2D eigenvalue weighted by Crippen LogP contribution is 2.28. The Hall–Kier alpha value is -1.14. The Morgan fingerprint density at radius 1 is 1.40 bits per heavy atom. The minimum Gasteiger partial charge on any atom is -0.391 e. The van der Waals surface area contributed by atoms with Gasteiger partial charge >= 0.3 is 6.18 Å². The third-order valence-electron chi connectivity index (χ3n) is 1.92. The van der Waals surface area contributed by atoms with Crippen LogP contribution in [-0.4, -0.2) is 16.2 Å². The van der Waals surface area contributed by atoms with Crippen LogP contribution in [0.2, 0.25) is 0 Å². The molecular weight excluding hydrogens is 209 g/mol. The summed E-state index contributed by atoms with van der Waals surface area (Å²) in [7, 11) is 0. The Morgan fingerprint density at radius 3 is 2.47 bits per heavy atom. The molecule has 6 heteroatoms. The van der Waals surface area contributed by atoms with Crippen LogP contribution < -0.4 is 5.73 Å². The average molecular weight is 220 g/mol. The van der Waals surface area contributed by atoms with Crippen molar-refractivity contribution in [3.8, 4) is 0 Å². The van der Waals surface area contributed by atoms with Crippen molar-refractivity contribution in [2.75, 3.05) is 0 Å². The first-order chi connectivity index (χ1) is 6.82. The standard InChI is InChI=1S/C9H11F3N2O/c1-5(15)8(13)6-3-2-4-7(14-6)9(10,11)12/h2-5,8,15H,13H2,1H3/t5-,8+/m0/s1. The van der Waals surface area contributed by atoms with E-state index >= 15 is 0 Å². The summed E-state index contributed by atoms with van der Waals surface area (Å²) in [6.45, 7) is 1.40. The summed E-state index contributed by atoms with van der Waals surface area (Å²) in [6.07, 6.45) is -5.44. The molecule has 0 aromatic carbocycles. The lowest BCUT2D eigenvalue weighted by atomic mass is 10.1. The Kier molecular flexibility index (Phi) is 3.31. The molecule has 2 atom stereocenters. The van der Waals surface area contributed by atoms with Crippen LogP contribution in [0.25, 0.3) is 0 Å². The van der Waals surface area contributed by atoms with Crippen molar-refractivity contribution in [1.82, 2.24) is 4.98 Å². The highest BCUT2D eigenvalue weighted by molar-refractivity contribution is 5.16. The lowest BCUT2D eigenvalue weighted by Crippen LogP contribution is -2.25. The molecule has 3 nitrogen and oxygen atoms in total. The molecule has 0 amide bonds. The number of hydrogen-bond acceptors (Lipinski definition) is 3. The SMILES string of the molecule is C[C@H](O)[C@@H](N)c1cccc(C(F)(F)F)n1. The molecule has 3 N–H and O–H groups in total. The second-order valence-electron chi connectivity index (χ2n) is 3.21. The summed E-state index contributed by atoms with van der Waals surface area (Å²) in [5.41, 5.74) is 4.49. The summed E-state index contributed by atoms with van der Waals surface area (Å²) >= 11 is 0. The summed E-state index contributed by atoms with van der Waals surface area (Å²) in [5, 5.41) is 9.12. The smallest absolute Gasteiger partial charge is 0.391 e. The lowest BCUT2D eigenvalue weighted by Gasteiger charge is -2.15. The fourth-order valence-corrected chi connectivity index (χ4v) is 1.04. The quantitative estimate of drug-likeness (QED) is 0.793. The molecule has 0 unspecified atom stereocenters. The molecule has 15 heavy (non-hydrogen) atoms. The highest BCUT2D eigenvalue weighted by Gasteiger charge is 2.32. The number of nitrogens with zero attached hydrogens (tertiary/aromatic N) is 1. The van der Waals surface area contributed by atoms with E-state index in [0.29, 0.717) is 0 Å².